The minimum Gasteiger partial charge on any atom is -0.397 e. The summed E-state index contributed by atoms with van der Waals surface area (Å²) >= 11 is 1.97. The summed E-state index contributed by atoms with van der Waals surface area (Å²) in [6.45, 7) is 8.29. The predicted octanol–water partition coefficient (Wildman–Crippen LogP) is 2.42. The van der Waals surface area contributed by atoms with Crippen LogP contribution in [0, 0.1) is 0 Å². The van der Waals surface area contributed by atoms with Gasteiger partial charge in [-0.1, -0.05) is 12.1 Å². The molecule has 5 heteroatoms. The Kier molecular flexibility index (Phi) is 4.60. The Balaban J connectivity index is 2.00. The molecule has 1 saturated heterocycles. The molecule has 1 atom stereocenters. The Hall–Kier alpha value is -1.20. The number of anilines is 2. The second kappa shape index (κ2) is 6.06. The first-order chi connectivity index (χ1) is 9.39. The molecule has 0 aliphatic carbocycles. The molecule has 2 rings (SSSR count). The third kappa shape index (κ3) is 3.67. The molecule has 1 heterocycles. The molecule has 1 aliphatic rings. The molecule has 0 radical (unpaired) electrons. The van der Waals surface area contributed by atoms with E-state index in [1.54, 1.807) is 6.07 Å². The summed E-state index contributed by atoms with van der Waals surface area (Å²) in [6.07, 6.45) is 0. The minimum absolute atomic E-state index is 0.00519. The van der Waals surface area contributed by atoms with Crippen molar-refractivity contribution in [1.29, 1.82) is 0 Å². The van der Waals surface area contributed by atoms with Crippen LogP contribution >= 0.6 is 11.8 Å². The van der Waals surface area contributed by atoms with Crippen LogP contribution in [0.1, 0.15) is 20.8 Å². The number of benzene rings is 1. The highest BCUT2D eigenvalue weighted by molar-refractivity contribution is 8.00. The summed E-state index contributed by atoms with van der Waals surface area (Å²) < 4.78 is 0.207. The van der Waals surface area contributed by atoms with Crippen molar-refractivity contribution in [3.05, 3.63) is 24.3 Å². The first-order valence-electron chi connectivity index (χ1n) is 6.92. The van der Waals surface area contributed by atoms with Gasteiger partial charge in [0, 0.05) is 23.6 Å². The lowest BCUT2D eigenvalue weighted by Crippen LogP contribution is -2.51. The third-order valence-corrected chi connectivity index (χ3v) is 4.90. The van der Waals surface area contributed by atoms with Gasteiger partial charge in [-0.2, -0.15) is 11.8 Å². The van der Waals surface area contributed by atoms with Gasteiger partial charge in [0.1, 0.15) is 0 Å². The normalized spacial score (nSPS) is 20.4. The summed E-state index contributed by atoms with van der Waals surface area (Å²) in [4.78, 5) is 14.6. The van der Waals surface area contributed by atoms with Crippen LogP contribution in [0.25, 0.3) is 0 Å². The number of rotatable bonds is 3. The van der Waals surface area contributed by atoms with Gasteiger partial charge in [-0.05, 0) is 32.9 Å². The van der Waals surface area contributed by atoms with Gasteiger partial charge in [-0.3, -0.25) is 9.69 Å². The van der Waals surface area contributed by atoms with Gasteiger partial charge in [0.15, 0.2) is 0 Å². The number of nitrogens with zero attached hydrogens (tertiary/aromatic N) is 1. The molecule has 1 aromatic carbocycles. The second-order valence-corrected chi connectivity index (χ2v) is 7.63. The summed E-state index contributed by atoms with van der Waals surface area (Å²) in [7, 11) is 0. The monoisotopic (exact) mass is 293 g/mol. The molecule has 3 N–H and O–H groups in total. The predicted molar refractivity (Wildman–Crippen MR) is 87.1 cm³/mol. The lowest BCUT2D eigenvalue weighted by atomic mass is 10.1. The Morgan fingerprint density at radius 1 is 1.45 bits per heavy atom. The van der Waals surface area contributed by atoms with Gasteiger partial charge >= 0.3 is 0 Å². The van der Waals surface area contributed by atoms with E-state index in [1.807, 2.05) is 36.9 Å². The summed E-state index contributed by atoms with van der Waals surface area (Å²) in [5.41, 5.74) is 7.15. The van der Waals surface area contributed by atoms with Crippen LogP contribution in [0.5, 0.6) is 0 Å². The zero-order valence-electron chi connectivity index (χ0n) is 12.3. The number of hydrogen-bond donors (Lipinski definition) is 2. The Bertz CT molecular complexity index is 490. The van der Waals surface area contributed by atoms with Gasteiger partial charge in [0.25, 0.3) is 0 Å². The molecule has 0 aromatic heterocycles. The van der Waals surface area contributed by atoms with E-state index in [1.165, 1.54) is 0 Å². The number of amides is 1. The molecule has 1 unspecified atom stereocenters. The van der Waals surface area contributed by atoms with Crippen LogP contribution in [-0.2, 0) is 4.79 Å². The van der Waals surface area contributed by atoms with Crippen LogP contribution in [0.4, 0.5) is 11.4 Å². The molecular weight excluding hydrogens is 270 g/mol. The number of carbonyl (C=O) groups is 1. The summed E-state index contributed by atoms with van der Waals surface area (Å²) in [5, 5.41) is 2.92. The van der Waals surface area contributed by atoms with Crippen LogP contribution in [0.15, 0.2) is 24.3 Å². The first-order valence-corrected chi connectivity index (χ1v) is 7.91. The van der Waals surface area contributed by atoms with Gasteiger partial charge in [-0.25, -0.2) is 0 Å². The largest absolute Gasteiger partial charge is 0.397 e. The number of nitrogens with two attached hydrogens (primary N) is 1. The highest BCUT2D eigenvalue weighted by Gasteiger charge is 2.32. The van der Waals surface area contributed by atoms with E-state index < -0.39 is 0 Å². The van der Waals surface area contributed by atoms with Crippen molar-refractivity contribution in [1.82, 2.24) is 4.90 Å². The fraction of sp³-hybridized carbons (Fsp3) is 0.533. The van der Waals surface area contributed by atoms with Crippen molar-refractivity contribution in [2.75, 3.05) is 29.9 Å². The molecular formula is C15H23N3OS. The Labute approximate surface area is 125 Å². The van der Waals surface area contributed by atoms with Gasteiger partial charge in [0.05, 0.1) is 17.4 Å². The standard InChI is InChI=1S/C15H23N3OS/c1-11(18-8-9-20-15(2,3)10-18)14(19)17-13-7-5-4-6-12(13)16/h4-7,11H,8-10,16H2,1-3H3,(H,17,19). The zero-order valence-corrected chi connectivity index (χ0v) is 13.2. The minimum atomic E-state index is -0.144. The number of hydrogen-bond acceptors (Lipinski definition) is 4. The molecule has 0 spiro atoms. The molecule has 20 heavy (non-hydrogen) atoms. The van der Waals surface area contributed by atoms with E-state index in [0.717, 1.165) is 18.8 Å². The average molecular weight is 293 g/mol. The topological polar surface area (TPSA) is 58.4 Å². The average Bonchev–Trinajstić information content (AvgIpc) is 2.39. The summed E-state index contributed by atoms with van der Waals surface area (Å²) in [5.74, 6) is 1.07. The zero-order chi connectivity index (χ0) is 14.8. The van der Waals surface area contributed by atoms with E-state index in [0.29, 0.717) is 11.4 Å². The summed E-state index contributed by atoms with van der Waals surface area (Å²) in [6, 6.07) is 7.21. The molecule has 0 saturated carbocycles. The highest BCUT2D eigenvalue weighted by atomic mass is 32.2. The van der Waals surface area contributed by atoms with Crippen molar-refractivity contribution < 1.29 is 4.79 Å². The van der Waals surface area contributed by atoms with Crippen molar-refractivity contribution in [3.63, 3.8) is 0 Å². The van der Waals surface area contributed by atoms with E-state index in [9.17, 15) is 4.79 Å². The maximum atomic E-state index is 12.4. The molecule has 110 valence electrons. The van der Waals surface area contributed by atoms with E-state index in [2.05, 4.69) is 24.1 Å². The lowest BCUT2D eigenvalue weighted by molar-refractivity contribution is -0.120. The molecule has 1 aromatic rings. The van der Waals surface area contributed by atoms with Crippen LogP contribution in [-0.4, -0.2) is 40.4 Å². The molecule has 1 aliphatic heterocycles. The van der Waals surface area contributed by atoms with Gasteiger partial charge < -0.3 is 11.1 Å². The number of nitrogens with one attached hydrogen (secondary N) is 1. The number of para-hydroxylation sites is 2. The maximum absolute atomic E-state index is 12.4. The van der Waals surface area contributed by atoms with E-state index in [4.69, 9.17) is 5.73 Å². The van der Waals surface area contributed by atoms with E-state index in [-0.39, 0.29) is 16.7 Å². The molecule has 0 bridgehead atoms. The van der Waals surface area contributed by atoms with Crippen molar-refractivity contribution >= 4 is 29.0 Å². The lowest BCUT2D eigenvalue weighted by Gasteiger charge is -2.40. The third-order valence-electron chi connectivity index (χ3n) is 3.60. The maximum Gasteiger partial charge on any atom is 0.241 e. The smallest absolute Gasteiger partial charge is 0.241 e. The fourth-order valence-corrected chi connectivity index (χ4v) is 3.53. The van der Waals surface area contributed by atoms with Crippen LogP contribution in [0.3, 0.4) is 0 Å². The molecule has 4 nitrogen and oxygen atoms in total. The van der Waals surface area contributed by atoms with Crippen molar-refractivity contribution in [3.8, 4) is 0 Å². The molecule has 1 fully saturated rings. The number of carbonyl (C=O) groups excluding carboxylic acids is 1. The number of nitrogen functional groups attached to an aromatic ring is 1. The first kappa shape index (κ1) is 15.2. The Morgan fingerprint density at radius 3 is 2.80 bits per heavy atom. The number of thioether (sulfide) groups is 1. The molecule has 1 amide bonds. The van der Waals surface area contributed by atoms with Gasteiger partial charge in [-0.15, -0.1) is 0 Å². The SMILES string of the molecule is CC(C(=O)Nc1ccccc1N)N1CCSC(C)(C)C1. The van der Waals surface area contributed by atoms with Gasteiger partial charge in [0.2, 0.25) is 5.91 Å². The quantitative estimate of drug-likeness (QED) is 0.840. The van der Waals surface area contributed by atoms with Crippen LogP contribution < -0.4 is 11.1 Å². The highest BCUT2D eigenvalue weighted by Crippen LogP contribution is 2.30. The van der Waals surface area contributed by atoms with Crippen molar-refractivity contribution in [2.24, 2.45) is 0 Å². The van der Waals surface area contributed by atoms with Crippen LogP contribution in [0.2, 0.25) is 0 Å². The Morgan fingerprint density at radius 2 is 2.15 bits per heavy atom. The van der Waals surface area contributed by atoms with Crippen molar-refractivity contribution in [2.45, 2.75) is 31.6 Å². The second-order valence-electron chi connectivity index (χ2n) is 5.83. The fourth-order valence-electron chi connectivity index (χ4n) is 2.40. The van der Waals surface area contributed by atoms with E-state index >= 15 is 0 Å².